The molecule has 0 saturated carbocycles. The topological polar surface area (TPSA) is 68.1 Å². The van der Waals surface area contributed by atoms with Crippen LogP contribution in [0.3, 0.4) is 0 Å². The van der Waals surface area contributed by atoms with Crippen molar-refractivity contribution >= 4 is 43.6 Å². The lowest BCUT2D eigenvalue weighted by Crippen LogP contribution is -2.30. The van der Waals surface area contributed by atoms with E-state index < -0.39 is 0 Å². The number of carbonyl (C=O) groups excluding carboxylic acids is 1. The Kier molecular flexibility index (Phi) is 4.68. The Balaban J connectivity index is 1.78. The van der Waals surface area contributed by atoms with Gasteiger partial charge in [-0.05, 0) is 51.1 Å². The summed E-state index contributed by atoms with van der Waals surface area (Å²) in [4.78, 5) is 36.2. The fourth-order valence-electron chi connectivity index (χ4n) is 3.32. The zero-order valence-electron chi connectivity index (χ0n) is 16.0. The van der Waals surface area contributed by atoms with Crippen LogP contribution >= 0.6 is 11.3 Å². The van der Waals surface area contributed by atoms with Gasteiger partial charge < -0.3 is 4.57 Å². The van der Waals surface area contributed by atoms with E-state index in [9.17, 15) is 9.59 Å². The second-order valence-corrected chi connectivity index (χ2v) is 7.47. The predicted octanol–water partition coefficient (Wildman–Crippen LogP) is 4.00. The zero-order valence-corrected chi connectivity index (χ0v) is 16.8. The molecule has 4 rings (SSSR count). The highest BCUT2D eigenvalue weighted by Crippen LogP contribution is 2.29. The minimum Gasteiger partial charge on any atom is -0.305 e. The number of para-hydroxylation sites is 1. The molecule has 28 heavy (non-hydrogen) atoms. The molecule has 0 spiro atoms. The summed E-state index contributed by atoms with van der Waals surface area (Å²) in [6, 6.07) is 13.2. The monoisotopic (exact) mass is 392 g/mol. The molecule has 6 nitrogen and oxygen atoms in total. The molecule has 0 saturated heterocycles. The molecular formula is C21H20N4O2S. The molecule has 7 heteroatoms. The van der Waals surface area contributed by atoms with Gasteiger partial charge in [0.25, 0.3) is 11.5 Å². The van der Waals surface area contributed by atoms with Crippen LogP contribution in [0, 0.1) is 6.92 Å². The summed E-state index contributed by atoms with van der Waals surface area (Å²) in [6.07, 6.45) is 0. The highest BCUT2D eigenvalue weighted by molar-refractivity contribution is 7.22. The van der Waals surface area contributed by atoms with E-state index in [-0.39, 0.29) is 11.5 Å². The molecule has 0 aliphatic carbocycles. The molecule has 0 radical (unpaired) electrons. The van der Waals surface area contributed by atoms with Crippen molar-refractivity contribution in [3.63, 3.8) is 0 Å². The summed E-state index contributed by atoms with van der Waals surface area (Å²) in [5.41, 5.74) is 3.12. The average molecular weight is 392 g/mol. The first-order valence-corrected chi connectivity index (χ1v) is 10.0. The molecular weight excluding hydrogens is 372 g/mol. The summed E-state index contributed by atoms with van der Waals surface area (Å²) in [5, 5.41) is 0.677. The van der Waals surface area contributed by atoms with Crippen molar-refractivity contribution < 1.29 is 4.79 Å². The van der Waals surface area contributed by atoms with Crippen molar-refractivity contribution in [1.29, 1.82) is 0 Å². The third-order valence-corrected chi connectivity index (χ3v) is 5.81. The van der Waals surface area contributed by atoms with Gasteiger partial charge in [0.2, 0.25) is 0 Å². The van der Waals surface area contributed by atoms with Crippen molar-refractivity contribution in [3.8, 4) is 0 Å². The van der Waals surface area contributed by atoms with Gasteiger partial charge in [0.15, 0.2) is 5.13 Å². The number of aryl methyl sites for hydroxylation is 2. The van der Waals surface area contributed by atoms with Crippen molar-refractivity contribution in [2.45, 2.75) is 27.3 Å². The maximum atomic E-state index is 13.2. The van der Waals surface area contributed by atoms with E-state index in [1.54, 1.807) is 34.6 Å². The smallest absolute Gasteiger partial charge is 0.272 e. The number of nitrogens with zero attached hydrogens (tertiary/aromatic N) is 4. The van der Waals surface area contributed by atoms with Crippen LogP contribution in [-0.4, -0.2) is 27.0 Å². The maximum Gasteiger partial charge on any atom is 0.272 e. The number of aromatic nitrogens is 3. The van der Waals surface area contributed by atoms with Gasteiger partial charge in [-0.2, -0.15) is 0 Å². The van der Waals surface area contributed by atoms with E-state index >= 15 is 0 Å². The minimum atomic E-state index is -0.128. The quantitative estimate of drug-likeness (QED) is 0.526. The standard InChI is InChI=1S/C21H20N4O2S/c1-4-24-17-11-10-14(12-16(17)22-13(3)19(24)26)20(27)25(5-2)21-23-15-8-6-7-9-18(15)28-21/h6-12H,4-5H2,1-3H3. The van der Waals surface area contributed by atoms with E-state index in [4.69, 9.17) is 0 Å². The highest BCUT2D eigenvalue weighted by Gasteiger charge is 2.20. The molecule has 2 aromatic carbocycles. The van der Waals surface area contributed by atoms with Gasteiger partial charge in [-0.15, -0.1) is 0 Å². The second kappa shape index (κ2) is 7.16. The SMILES string of the molecule is CCN(C(=O)c1ccc2c(c1)nc(C)c(=O)n2CC)c1nc2ccccc2s1. The number of hydrogen-bond donors (Lipinski definition) is 0. The van der Waals surface area contributed by atoms with Gasteiger partial charge in [-0.1, -0.05) is 23.5 Å². The fraction of sp³-hybridized carbons (Fsp3) is 0.238. The molecule has 0 unspecified atom stereocenters. The van der Waals surface area contributed by atoms with Crippen LogP contribution in [0.15, 0.2) is 47.3 Å². The summed E-state index contributed by atoms with van der Waals surface area (Å²) >= 11 is 1.50. The van der Waals surface area contributed by atoms with E-state index in [0.717, 1.165) is 15.7 Å². The van der Waals surface area contributed by atoms with E-state index in [2.05, 4.69) is 9.97 Å². The van der Waals surface area contributed by atoms with Crippen molar-refractivity contribution in [2.24, 2.45) is 0 Å². The first kappa shape index (κ1) is 18.3. The number of fused-ring (bicyclic) bond motifs is 2. The number of benzene rings is 2. The van der Waals surface area contributed by atoms with Gasteiger partial charge in [0.1, 0.15) is 5.69 Å². The number of anilines is 1. The lowest BCUT2D eigenvalue weighted by atomic mass is 10.1. The fourth-order valence-corrected chi connectivity index (χ4v) is 4.35. The molecule has 0 aliphatic heterocycles. The van der Waals surface area contributed by atoms with Crippen LogP contribution in [0.5, 0.6) is 0 Å². The molecule has 2 aromatic heterocycles. The molecule has 142 valence electrons. The van der Waals surface area contributed by atoms with Crippen LogP contribution in [-0.2, 0) is 6.54 Å². The lowest BCUT2D eigenvalue weighted by Gasteiger charge is -2.18. The maximum absolute atomic E-state index is 13.2. The minimum absolute atomic E-state index is 0.0984. The molecule has 0 N–H and O–H groups in total. The predicted molar refractivity (Wildman–Crippen MR) is 113 cm³/mol. The third-order valence-electron chi connectivity index (χ3n) is 4.75. The van der Waals surface area contributed by atoms with Crippen molar-refractivity contribution in [3.05, 3.63) is 64.1 Å². The molecule has 1 amide bonds. The van der Waals surface area contributed by atoms with Gasteiger partial charge in [0.05, 0.1) is 21.3 Å². The summed E-state index contributed by atoms with van der Waals surface area (Å²) < 4.78 is 2.73. The Bertz CT molecular complexity index is 1230. The Morgan fingerprint density at radius 3 is 2.61 bits per heavy atom. The van der Waals surface area contributed by atoms with Gasteiger partial charge in [-0.3, -0.25) is 14.5 Å². The molecule has 0 aliphatic rings. The van der Waals surface area contributed by atoms with Crippen LogP contribution in [0.4, 0.5) is 5.13 Å². The Morgan fingerprint density at radius 1 is 1.11 bits per heavy atom. The van der Waals surface area contributed by atoms with Gasteiger partial charge in [0, 0.05) is 18.7 Å². The Morgan fingerprint density at radius 2 is 1.89 bits per heavy atom. The number of thiazole rings is 1. The van der Waals surface area contributed by atoms with Crippen LogP contribution in [0.2, 0.25) is 0 Å². The first-order chi connectivity index (χ1) is 13.5. The molecule has 4 aromatic rings. The number of hydrogen-bond acceptors (Lipinski definition) is 5. The molecule has 0 atom stereocenters. The lowest BCUT2D eigenvalue weighted by molar-refractivity contribution is 0.0988. The third kappa shape index (κ3) is 2.97. The van der Waals surface area contributed by atoms with Gasteiger partial charge in [-0.25, -0.2) is 9.97 Å². The largest absolute Gasteiger partial charge is 0.305 e. The summed E-state index contributed by atoms with van der Waals surface area (Å²) in [7, 11) is 0. The van der Waals surface area contributed by atoms with E-state index in [1.165, 1.54) is 11.3 Å². The average Bonchev–Trinajstić information content (AvgIpc) is 3.13. The van der Waals surface area contributed by atoms with E-state index in [0.29, 0.717) is 35.0 Å². The van der Waals surface area contributed by atoms with Crippen LogP contribution in [0.25, 0.3) is 21.3 Å². The molecule has 0 fully saturated rings. The molecule has 2 heterocycles. The Labute approximate surface area is 166 Å². The Hall–Kier alpha value is -3.06. The number of carbonyl (C=O) groups is 1. The highest BCUT2D eigenvalue weighted by atomic mass is 32.1. The second-order valence-electron chi connectivity index (χ2n) is 6.46. The normalized spacial score (nSPS) is 11.2. The van der Waals surface area contributed by atoms with Crippen molar-refractivity contribution in [2.75, 3.05) is 11.4 Å². The number of amides is 1. The molecule has 0 bridgehead atoms. The van der Waals surface area contributed by atoms with E-state index in [1.807, 2.05) is 38.1 Å². The zero-order chi connectivity index (χ0) is 19.8. The van der Waals surface area contributed by atoms with Gasteiger partial charge >= 0.3 is 0 Å². The van der Waals surface area contributed by atoms with Crippen molar-refractivity contribution in [1.82, 2.24) is 14.5 Å². The van der Waals surface area contributed by atoms with Crippen LogP contribution in [0.1, 0.15) is 29.9 Å². The first-order valence-electron chi connectivity index (χ1n) is 9.22. The summed E-state index contributed by atoms with van der Waals surface area (Å²) in [5.74, 6) is -0.128. The number of rotatable bonds is 4. The summed E-state index contributed by atoms with van der Waals surface area (Å²) in [6.45, 7) is 6.62. The van der Waals surface area contributed by atoms with Crippen LogP contribution < -0.4 is 10.5 Å².